The van der Waals surface area contributed by atoms with E-state index < -0.39 is 6.10 Å². The fourth-order valence-electron chi connectivity index (χ4n) is 2.27. The number of amides is 1. The average Bonchev–Trinajstić information content (AvgIpc) is 2.56. The summed E-state index contributed by atoms with van der Waals surface area (Å²) in [6.07, 6.45) is 1.15. The summed E-state index contributed by atoms with van der Waals surface area (Å²) in [6.45, 7) is 3.69. The molecule has 0 saturated carbocycles. The maximum Gasteiger partial charge on any atom is 0.260 e. The number of benzene rings is 2. The van der Waals surface area contributed by atoms with Gasteiger partial charge in [-0.15, -0.1) is 0 Å². The fraction of sp³-hybridized carbons (Fsp3) is 0.316. The van der Waals surface area contributed by atoms with Gasteiger partial charge in [0, 0.05) is 11.1 Å². The Morgan fingerprint density at radius 1 is 1.12 bits per heavy atom. The van der Waals surface area contributed by atoms with Gasteiger partial charge < -0.3 is 10.1 Å². The first kappa shape index (κ1) is 18.6. The molecule has 0 fully saturated rings. The molecule has 2 aromatic carbocycles. The maximum atomic E-state index is 12.2. The molecule has 24 heavy (non-hydrogen) atoms. The molecule has 2 aromatic rings. The predicted molar refractivity (Wildman–Crippen MR) is 98.9 cm³/mol. The monoisotopic (exact) mass is 365 g/mol. The van der Waals surface area contributed by atoms with Gasteiger partial charge in [0.1, 0.15) is 5.75 Å². The second-order valence-electron chi connectivity index (χ2n) is 5.77. The predicted octanol–water partition coefficient (Wildman–Crippen LogP) is 4.90. The van der Waals surface area contributed by atoms with Gasteiger partial charge >= 0.3 is 0 Å². The summed E-state index contributed by atoms with van der Waals surface area (Å²) < 4.78 is 5.62. The van der Waals surface area contributed by atoms with Crippen LogP contribution in [0.2, 0.25) is 10.0 Å². The Labute approximate surface area is 152 Å². The number of hydrogen-bond acceptors (Lipinski definition) is 2. The molecule has 0 saturated heterocycles. The highest BCUT2D eigenvalue weighted by molar-refractivity contribution is 6.35. The van der Waals surface area contributed by atoms with Gasteiger partial charge in [0.05, 0.1) is 5.02 Å². The normalized spacial score (nSPS) is 13.2. The first-order valence-electron chi connectivity index (χ1n) is 7.91. The van der Waals surface area contributed by atoms with Crippen LogP contribution in [0.5, 0.6) is 5.75 Å². The first-order chi connectivity index (χ1) is 11.5. The van der Waals surface area contributed by atoms with E-state index >= 15 is 0 Å². The number of nitrogens with one attached hydrogen (secondary N) is 1. The van der Waals surface area contributed by atoms with Gasteiger partial charge in [-0.3, -0.25) is 4.79 Å². The lowest BCUT2D eigenvalue weighted by Gasteiger charge is -2.19. The molecule has 0 spiro atoms. The first-order valence-corrected chi connectivity index (χ1v) is 8.67. The Bertz CT molecular complexity index is 676. The van der Waals surface area contributed by atoms with Crippen LogP contribution >= 0.6 is 23.2 Å². The minimum Gasteiger partial charge on any atom is -0.479 e. The Kier molecular flexibility index (Phi) is 6.95. The Morgan fingerprint density at radius 3 is 2.50 bits per heavy atom. The minimum atomic E-state index is -0.636. The Hall–Kier alpha value is -1.71. The molecule has 0 unspecified atom stereocenters. The highest BCUT2D eigenvalue weighted by Crippen LogP contribution is 2.28. The van der Waals surface area contributed by atoms with Gasteiger partial charge in [0.2, 0.25) is 0 Å². The minimum absolute atomic E-state index is 0.0597. The molecule has 0 bridgehead atoms. The molecule has 3 nitrogen and oxygen atoms in total. The molecule has 2 atom stereocenters. The molecule has 0 aliphatic carbocycles. The summed E-state index contributed by atoms with van der Waals surface area (Å²) in [7, 11) is 0. The summed E-state index contributed by atoms with van der Waals surface area (Å²) in [5.41, 5.74) is 1.26. The Balaban J connectivity index is 1.82. The molecule has 5 heteroatoms. The van der Waals surface area contributed by atoms with E-state index in [9.17, 15) is 4.79 Å². The zero-order chi connectivity index (χ0) is 17.5. The maximum absolute atomic E-state index is 12.2. The van der Waals surface area contributed by atoms with Crippen molar-refractivity contribution < 1.29 is 9.53 Å². The third-order valence-corrected chi connectivity index (χ3v) is 4.19. The lowest BCUT2D eigenvalue weighted by molar-refractivity contribution is -0.127. The van der Waals surface area contributed by atoms with Crippen molar-refractivity contribution in [2.24, 2.45) is 0 Å². The number of rotatable bonds is 7. The average molecular weight is 366 g/mol. The van der Waals surface area contributed by atoms with Crippen molar-refractivity contribution in [3.05, 3.63) is 64.1 Å². The van der Waals surface area contributed by atoms with Gasteiger partial charge in [-0.25, -0.2) is 0 Å². The smallest absolute Gasteiger partial charge is 0.260 e. The lowest BCUT2D eigenvalue weighted by Crippen LogP contribution is -2.41. The van der Waals surface area contributed by atoms with Crippen molar-refractivity contribution in [3.63, 3.8) is 0 Å². The number of carbonyl (C=O) groups excluding carboxylic acids is 1. The summed E-state index contributed by atoms with van der Waals surface area (Å²) in [4.78, 5) is 12.2. The molecule has 1 amide bonds. The van der Waals surface area contributed by atoms with Crippen molar-refractivity contribution in [2.45, 2.75) is 38.8 Å². The number of halogens is 2. The van der Waals surface area contributed by atoms with E-state index in [1.165, 1.54) is 5.56 Å². The van der Waals surface area contributed by atoms with Crippen LogP contribution in [0, 0.1) is 0 Å². The van der Waals surface area contributed by atoms with Gasteiger partial charge in [-0.05, 0) is 50.5 Å². The van der Waals surface area contributed by atoms with Crippen molar-refractivity contribution in [1.82, 2.24) is 5.32 Å². The van der Waals surface area contributed by atoms with Crippen LogP contribution in [0.3, 0.4) is 0 Å². The standard InChI is InChI=1S/C19H21Cl2NO2/c1-13(8-9-15-6-4-3-5-7-15)22-19(23)14(2)24-18-11-10-16(20)12-17(18)21/h3-7,10-14H,8-9H2,1-2H3,(H,22,23)/t13-,14-/m1/s1. The van der Waals surface area contributed by atoms with Crippen molar-refractivity contribution >= 4 is 29.1 Å². The molecule has 128 valence electrons. The van der Waals surface area contributed by atoms with E-state index in [0.717, 1.165) is 12.8 Å². The quantitative estimate of drug-likeness (QED) is 0.757. The van der Waals surface area contributed by atoms with Gasteiger partial charge in [0.15, 0.2) is 6.10 Å². The molecule has 0 aliphatic heterocycles. The molecular weight excluding hydrogens is 345 g/mol. The number of aryl methyl sites for hydroxylation is 1. The largest absolute Gasteiger partial charge is 0.479 e. The second-order valence-corrected chi connectivity index (χ2v) is 6.61. The van der Waals surface area contributed by atoms with E-state index in [1.807, 2.05) is 25.1 Å². The van der Waals surface area contributed by atoms with E-state index in [2.05, 4.69) is 17.4 Å². The molecule has 1 N–H and O–H groups in total. The summed E-state index contributed by atoms with van der Waals surface area (Å²) in [6, 6.07) is 15.2. The molecule has 0 radical (unpaired) electrons. The van der Waals surface area contributed by atoms with Gasteiger partial charge in [0.25, 0.3) is 5.91 Å². The van der Waals surface area contributed by atoms with E-state index in [-0.39, 0.29) is 11.9 Å². The Morgan fingerprint density at radius 2 is 1.83 bits per heavy atom. The molecule has 0 heterocycles. The fourth-order valence-corrected chi connectivity index (χ4v) is 2.73. The highest BCUT2D eigenvalue weighted by Gasteiger charge is 2.18. The summed E-state index contributed by atoms with van der Waals surface area (Å²) in [5.74, 6) is 0.280. The van der Waals surface area contributed by atoms with E-state index in [0.29, 0.717) is 15.8 Å². The molecule has 0 aliphatic rings. The van der Waals surface area contributed by atoms with Gasteiger partial charge in [-0.1, -0.05) is 53.5 Å². The van der Waals surface area contributed by atoms with Gasteiger partial charge in [-0.2, -0.15) is 0 Å². The van der Waals surface area contributed by atoms with Crippen LogP contribution in [0.15, 0.2) is 48.5 Å². The van der Waals surface area contributed by atoms with Crippen LogP contribution in [0.1, 0.15) is 25.8 Å². The van der Waals surface area contributed by atoms with Crippen LogP contribution in [-0.4, -0.2) is 18.1 Å². The zero-order valence-electron chi connectivity index (χ0n) is 13.8. The number of ether oxygens (including phenoxy) is 1. The third-order valence-electron chi connectivity index (χ3n) is 3.66. The van der Waals surface area contributed by atoms with E-state index in [4.69, 9.17) is 27.9 Å². The van der Waals surface area contributed by atoms with Crippen LogP contribution in [-0.2, 0) is 11.2 Å². The van der Waals surface area contributed by atoms with Crippen LogP contribution in [0.25, 0.3) is 0 Å². The van der Waals surface area contributed by atoms with E-state index in [1.54, 1.807) is 25.1 Å². The van der Waals surface area contributed by atoms with Crippen molar-refractivity contribution in [2.75, 3.05) is 0 Å². The highest BCUT2D eigenvalue weighted by atomic mass is 35.5. The lowest BCUT2D eigenvalue weighted by atomic mass is 10.1. The zero-order valence-corrected chi connectivity index (χ0v) is 15.3. The SMILES string of the molecule is C[C@H](CCc1ccccc1)NC(=O)[C@@H](C)Oc1ccc(Cl)cc1Cl. The second kappa shape index (κ2) is 8.95. The van der Waals surface area contributed by atoms with Crippen LogP contribution in [0.4, 0.5) is 0 Å². The number of carbonyl (C=O) groups is 1. The molecule has 0 aromatic heterocycles. The third kappa shape index (κ3) is 5.73. The van der Waals surface area contributed by atoms with Crippen molar-refractivity contribution in [3.8, 4) is 5.75 Å². The topological polar surface area (TPSA) is 38.3 Å². The number of hydrogen-bond donors (Lipinski definition) is 1. The summed E-state index contributed by atoms with van der Waals surface area (Å²) in [5, 5.41) is 3.88. The molecule has 2 rings (SSSR count). The molecular formula is C19H21Cl2NO2. The van der Waals surface area contributed by atoms with Crippen molar-refractivity contribution in [1.29, 1.82) is 0 Å². The summed E-state index contributed by atoms with van der Waals surface area (Å²) >= 11 is 11.9. The van der Waals surface area contributed by atoms with Crippen LogP contribution < -0.4 is 10.1 Å².